The van der Waals surface area contributed by atoms with E-state index in [2.05, 4.69) is 6.92 Å². The molecular weight excluding hydrogens is 152 g/mol. The molecule has 1 aliphatic rings. The highest BCUT2D eigenvalue weighted by Crippen LogP contribution is 2.23. The summed E-state index contributed by atoms with van der Waals surface area (Å²) in [5.74, 6) is 0.329. The Hall–Kier alpha value is -0.630. The topological polar surface area (TPSA) is 26.3 Å². The van der Waals surface area contributed by atoms with Crippen LogP contribution in [0.5, 0.6) is 0 Å². The molecule has 0 aliphatic heterocycles. The molecule has 0 spiro atoms. The van der Waals surface area contributed by atoms with Gasteiger partial charge in [0.05, 0.1) is 6.61 Å². The zero-order valence-electron chi connectivity index (χ0n) is 7.85. The van der Waals surface area contributed by atoms with Crippen LogP contribution in [-0.4, -0.2) is 19.5 Å². The number of allylic oxidation sites excluding steroid dienone is 1. The Kier molecular flexibility index (Phi) is 3.48. The Bertz CT molecular complexity index is 204. The van der Waals surface area contributed by atoms with E-state index in [-0.39, 0.29) is 0 Å². The molecule has 0 heterocycles. The number of rotatable bonds is 3. The smallest absolute Gasteiger partial charge is 0.158 e. The lowest BCUT2D eigenvalue weighted by Crippen LogP contribution is -2.12. The number of ether oxygens (including phenoxy) is 1. The maximum Gasteiger partial charge on any atom is 0.158 e. The molecule has 0 fully saturated rings. The Morgan fingerprint density at radius 2 is 2.17 bits per heavy atom. The molecule has 12 heavy (non-hydrogen) atoms. The van der Waals surface area contributed by atoms with Gasteiger partial charge in [-0.3, -0.25) is 4.79 Å². The first kappa shape index (κ1) is 9.46. The normalized spacial score (nSPS) is 18.7. The third-order valence-electron chi connectivity index (χ3n) is 2.36. The highest BCUT2D eigenvalue weighted by atomic mass is 16.5. The van der Waals surface area contributed by atoms with Gasteiger partial charge in [0.25, 0.3) is 0 Å². The Morgan fingerprint density at radius 3 is 2.75 bits per heavy atom. The Labute approximate surface area is 73.6 Å². The van der Waals surface area contributed by atoms with E-state index in [1.807, 2.05) is 0 Å². The van der Waals surface area contributed by atoms with Crippen LogP contribution >= 0.6 is 0 Å². The molecule has 0 unspecified atom stereocenters. The van der Waals surface area contributed by atoms with E-state index >= 15 is 0 Å². The molecule has 0 bridgehead atoms. The third kappa shape index (κ3) is 2.18. The van der Waals surface area contributed by atoms with Crippen molar-refractivity contribution in [3.05, 3.63) is 11.1 Å². The van der Waals surface area contributed by atoms with E-state index in [9.17, 15) is 4.79 Å². The van der Waals surface area contributed by atoms with Gasteiger partial charge >= 0.3 is 0 Å². The van der Waals surface area contributed by atoms with Gasteiger partial charge in [-0.1, -0.05) is 5.57 Å². The van der Waals surface area contributed by atoms with E-state index < -0.39 is 0 Å². The molecule has 0 saturated carbocycles. The highest BCUT2D eigenvalue weighted by molar-refractivity contribution is 5.96. The van der Waals surface area contributed by atoms with Crippen LogP contribution in [0.3, 0.4) is 0 Å². The van der Waals surface area contributed by atoms with Gasteiger partial charge in [-0.05, 0) is 31.8 Å². The van der Waals surface area contributed by atoms with Gasteiger partial charge in [0, 0.05) is 13.5 Å². The van der Waals surface area contributed by atoms with Gasteiger partial charge in [-0.2, -0.15) is 0 Å². The first-order chi connectivity index (χ1) is 5.75. The van der Waals surface area contributed by atoms with E-state index in [0.717, 1.165) is 31.3 Å². The van der Waals surface area contributed by atoms with Crippen LogP contribution in [0.1, 0.15) is 32.6 Å². The van der Waals surface area contributed by atoms with Crippen molar-refractivity contribution in [1.29, 1.82) is 0 Å². The Balaban J connectivity index is 2.61. The molecule has 2 heteroatoms. The zero-order valence-corrected chi connectivity index (χ0v) is 7.85. The predicted molar refractivity (Wildman–Crippen MR) is 48.1 cm³/mol. The summed E-state index contributed by atoms with van der Waals surface area (Å²) < 4.78 is 4.95. The van der Waals surface area contributed by atoms with Crippen LogP contribution in [0.4, 0.5) is 0 Å². The molecule has 68 valence electrons. The molecule has 0 aromatic rings. The van der Waals surface area contributed by atoms with E-state index in [4.69, 9.17) is 4.74 Å². The average molecular weight is 168 g/mol. The van der Waals surface area contributed by atoms with Crippen LogP contribution in [0, 0.1) is 0 Å². The zero-order chi connectivity index (χ0) is 8.97. The number of carbonyl (C=O) groups excluding carboxylic acids is 1. The highest BCUT2D eigenvalue weighted by Gasteiger charge is 2.16. The SMILES string of the molecule is COCCC1=C(C)CCCC1=O. The molecule has 0 saturated heterocycles. The molecule has 0 aromatic carbocycles. The average Bonchev–Trinajstić information content (AvgIpc) is 2.04. The second kappa shape index (κ2) is 4.41. The summed E-state index contributed by atoms with van der Waals surface area (Å²) in [4.78, 5) is 11.4. The van der Waals surface area contributed by atoms with Crippen LogP contribution in [-0.2, 0) is 9.53 Å². The fourth-order valence-corrected chi connectivity index (χ4v) is 1.61. The van der Waals surface area contributed by atoms with Gasteiger partial charge in [-0.25, -0.2) is 0 Å². The van der Waals surface area contributed by atoms with E-state index in [1.54, 1.807) is 7.11 Å². The molecule has 0 aromatic heterocycles. The van der Waals surface area contributed by atoms with Crippen LogP contribution < -0.4 is 0 Å². The fraction of sp³-hybridized carbons (Fsp3) is 0.700. The number of hydrogen-bond donors (Lipinski definition) is 0. The van der Waals surface area contributed by atoms with Crippen molar-refractivity contribution in [2.24, 2.45) is 0 Å². The first-order valence-corrected chi connectivity index (χ1v) is 4.46. The van der Waals surface area contributed by atoms with Gasteiger partial charge in [0.1, 0.15) is 0 Å². The second-order valence-electron chi connectivity index (χ2n) is 3.28. The fourth-order valence-electron chi connectivity index (χ4n) is 1.61. The summed E-state index contributed by atoms with van der Waals surface area (Å²) >= 11 is 0. The number of Topliss-reactive ketones (excluding diaryl/α,β-unsaturated/α-hetero) is 1. The molecule has 0 atom stereocenters. The van der Waals surface area contributed by atoms with Gasteiger partial charge in [0.2, 0.25) is 0 Å². The van der Waals surface area contributed by atoms with Crippen molar-refractivity contribution < 1.29 is 9.53 Å². The summed E-state index contributed by atoms with van der Waals surface area (Å²) in [6.07, 6.45) is 3.64. The minimum absolute atomic E-state index is 0.329. The maximum absolute atomic E-state index is 11.4. The number of carbonyl (C=O) groups is 1. The quantitative estimate of drug-likeness (QED) is 0.645. The van der Waals surface area contributed by atoms with Crippen molar-refractivity contribution in [2.75, 3.05) is 13.7 Å². The van der Waals surface area contributed by atoms with Gasteiger partial charge < -0.3 is 4.74 Å². The number of methoxy groups -OCH3 is 1. The van der Waals surface area contributed by atoms with Crippen LogP contribution in [0.15, 0.2) is 11.1 Å². The standard InChI is InChI=1S/C10H16O2/c1-8-4-3-5-10(11)9(8)6-7-12-2/h3-7H2,1-2H3. The Morgan fingerprint density at radius 1 is 1.42 bits per heavy atom. The lowest BCUT2D eigenvalue weighted by molar-refractivity contribution is -0.116. The monoisotopic (exact) mass is 168 g/mol. The van der Waals surface area contributed by atoms with E-state index in [0.29, 0.717) is 12.4 Å². The van der Waals surface area contributed by atoms with Gasteiger partial charge in [0.15, 0.2) is 5.78 Å². The second-order valence-corrected chi connectivity index (χ2v) is 3.28. The summed E-state index contributed by atoms with van der Waals surface area (Å²) in [6.45, 7) is 2.72. The molecule has 0 N–H and O–H groups in total. The lowest BCUT2D eigenvalue weighted by atomic mass is 9.90. The van der Waals surface area contributed by atoms with Crippen molar-refractivity contribution >= 4 is 5.78 Å². The minimum atomic E-state index is 0.329. The van der Waals surface area contributed by atoms with Gasteiger partial charge in [-0.15, -0.1) is 0 Å². The first-order valence-electron chi connectivity index (χ1n) is 4.46. The summed E-state index contributed by atoms with van der Waals surface area (Å²) in [7, 11) is 1.67. The molecule has 0 radical (unpaired) electrons. The largest absolute Gasteiger partial charge is 0.384 e. The van der Waals surface area contributed by atoms with Crippen molar-refractivity contribution in [1.82, 2.24) is 0 Å². The maximum atomic E-state index is 11.4. The number of ketones is 1. The molecule has 2 nitrogen and oxygen atoms in total. The lowest BCUT2D eigenvalue weighted by Gasteiger charge is -2.15. The van der Waals surface area contributed by atoms with E-state index in [1.165, 1.54) is 5.57 Å². The van der Waals surface area contributed by atoms with Crippen molar-refractivity contribution in [2.45, 2.75) is 32.6 Å². The molecule has 0 amide bonds. The molecule has 1 aliphatic carbocycles. The summed E-state index contributed by atoms with van der Waals surface area (Å²) in [5.41, 5.74) is 2.28. The number of hydrogen-bond acceptors (Lipinski definition) is 2. The minimum Gasteiger partial charge on any atom is -0.384 e. The molecule has 1 rings (SSSR count). The predicted octanol–water partition coefficient (Wildman–Crippen LogP) is 2.09. The van der Waals surface area contributed by atoms with Crippen LogP contribution in [0.2, 0.25) is 0 Å². The van der Waals surface area contributed by atoms with Crippen molar-refractivity contribution in [3.63, 3.8) is 0 Å². The molecular formula is C10H16O2. The van der Waals surface area contributed by atoms with Crippen molar-refractivity contribution in [3.8, 4) is 0 Å². The van der Waals surface area contributed by atoms with Crippen LogP contribution in [0.25, 0.3) is 0 Å². The third-order valence-corrected chi connectivity index (χ3v) is 2.36. The summed E-state index contributed by atoms with van der Waals surface area (Å²) in [6, 6.07) is 0. The summed E-state index contributed by atoms with van der Waals surface area (Å²) in [5, 5.41) is 0.